The number of carbonyl (C=O) groups is 2. The molecule has 30 heavy (non-hydrogen) atoms. The van der Waals surface area contributed by atoms with Crippen molar-refractivity contribution >= 4 is 11.9 Å². The van der Waals surface area contributed by atoms with Gasteiger partial charge in [-0.05, 0) is 87.7 Å². The first-order valence-corrected chi connectivity index (χ1v) is 10.8. The topological polar surface area (TPSA) is 95.7 Å². The number of fused-ring (bicyclic) bond motifs is 1. The number of nitrogens with zero attached hydrogens (tertiary/aromatic N) is 3. The molecule has 0 radical (unpaired) electrons. The van der Waals surface area contributed by atoms with Crippen LogP contribution in [0.4, 0.5) is 0 Å². The zero-order chi connectivity index (χ0) is 21.5. The standard InChI is InChI=1S/C21H29N3.C2H2O4/c1-17-10-13-23(14-11-17)15-12-18-6-5-9-21-20(18)16-22-24(21)19-7-3-2-4-8-19;3-1(4)2(5)6/h2-4,7-8,16-18H,5-6,9-15H2,1H3;(H,3,4)(H,5,6). The lowest BCUT2D eigenvalue weighted by molar-refractivity contribution is -0.159. The second-order valence-corrected chi connectivity index (χ2v) is 8.31. The maximum atomic E-state index is 9.10. The van der Waals surface area contributed by atoms with E-state index in [1.54, 1.807) is 0 Å². The Bertz CT molecular complexity index is 829. The minimum absolute atomic E-state index is 0.700. The van der Waals surface area contributed by atoms with Crippen LogP contribution in [0.5, 0.6) is 0 Å². The average molecular weight is 414 g/mol. The van der Waals surface area contributed by atoms with Gasteiger partial charge in [-0.25, -0.2) is 14.3 Å². The van der Waals surface area contributed by atoms with Crippen LogP contribution in [0.3, 0.4) is 0 Å². The van der Waals surface area contributed by atoms with Gasteiger partial charge in [0.25, 0.3) is 0 Å². The third-order valence-corrected chi connectivity index (χ3v) is 6.16. The number of likely N-dealkylation sites (tertiary alicyclic amines) is 1. The van der Waals surface area contributed by atoms with Crippen molar-refractivity contribution in [1.29, 1.82) is 0 Å². The van der Waals surface area contributed by atoms with Crippen molar-refractivity contribution in [2.75, 3.05) is 19.6 Å². The zero-order valence-electron chi connectivity index (χ0n) is 17.5. The Morgan fingerprint density at radius 3 is 2.37 bits per heavy atom. The van der Waals surface area contributed by atoms with Crippen LogP contribution in [0.1, 0.15) is 56.2 Å². The van der Waals surface area contributed by atoms with Gasteiger partial charge in [-0.1, -0.05) is 25.1 Å². The zero-order valence-corrected chi connectivity index (χ0v) is 17.5. The molecular formula is C23H31N3O4. The van der Waals surface area contributed by atoms with E-state index in [0.29, 0.717) is 5.92 Å². The number of benzene rings is 1. The Morgan fingerprint density at radius 2 is 1.73 bits per heavy atom. The van der Waals surface area contributed by atoms with Crippen molar-refractivity contribution in [3.8, 4) is 5.69 Å². The van der Waals surface area contributed by atoms with Gasteiger partial charge in [0.2, 0.25) is 0 Å². The van der Waals surface area contributed by atoms with Gasteiger partial charge in [0.15, 0.2) is 0 Å². The normalized spacial score (nSPS) is 19.4. The van der Waals surface area contributed by atoms with E-state index < -0.39 is 11.9 Å². The molecule has 1 atom stereocenters. The molecule has 0 bridgehead atoms. The van der Waals surface area contributed by atoms with Crippen molar-refractivity contribution in [2.24, 2.45) is 5.92 Å². The van der Waals surface area contributed by atoms with Gasteiger partial charge in [-0.2, -0.15) is 5.10 Å². The maximum absolute atomic E-state index is 9.10. The first-order valence-electron chi connectivity index (χ1n) is 10.8. The largest absolute Gasteiger partial charge is 0.473 e. The molecule has 162 valence electrons. The number of piperidine rings is 1. The smallest absolute Gasteiger partial charge is 0.414 e. The molecule has 2 heterocycles. The summed E-state index contributed by atoms with van der Waals surface area (Å²) in [7, 11) is 0. The summed E-state index contributed by atoms with van der Waals surface area (Å²) in [5, 5.41) is 19.5. The molecule has 2 aromatic rings. The maximum Gasteiger partial charge on any atom is 0.414 e. The Balaban J connectivity index is 0.000000377. The second kappa shape index (κ2) is 10.4. The molecular weight excluding hydrogens is 382 g/mol. The average Bonchev–Trinajstić information content (AvgIpc) is 3.19. The summed E-state index contributed by atoms with van der Waals surface area (Å²) in [6.07, 6.45) is 9.99. The van der Waals surface area contributed by atoms with E-state index in [1.165, 1.54) is 75.1 Å². The Kier molecular flexibility index (Phi) is 7.63. The fourth-order valence-corrected chi connectivity index (χ4v) is 4.36. The van der Waals surface area contributed by atoms with Crippen LogP contribution in [0.2, 0.25) is 0 Å². The number of rotatable bonds is 4. The first-order chi connectivity index (χ1) is 14.5. The third-order valence-electron chi connectivity index (χ3n) is 6.16. The molecule has 1 saturated heterocycles. The van der Waals surface area contributed by atoms with Crippen LogP contribution in [0, 0.1) is 5.92 Å². The van der Waals surface area contributed by atoms with Gasteiger partial charge < -0.3 is 15.1 Å². The Labute approximate surface area is 177 Å². The third kappa shape index (κ3) is 5.69. The van der Waals surface area contributed by atoms with Crippen molar-refractivity contribution in [3.05, 3.63) is 47.8 Å². The molecule has 7 heteroatoms. The quantitative estimate of drug-likeness (QED) is 0.744. The molecule has 1 aliphatic heterocycles. The predicted molar refractivity (Wildman–Crippen MR) is 114 cm³/mol. The molecule has 1 unspecified atom stereocenters. The molecule has 1 aromatic carbocycles. The predicted octanol–water partition coefficient (Wildman–Crippen LogP) is 3.57. The first kappa shape index (κ1) is 22.0. The summed E-state index contributed by atoms with van der Waals surface area (Å²) in [5.41, 5.74) is 4.16. The van der Waals surface area contributed by atoms with E-state index in [4.69, 9.17) is 24.9 Å². The van der Waals surface area contributed by atoms with Crippen LogP contribution in [0.25, 0.3) is 5.69 Å². The van der Waals surface area contributed by atoms with Crippen molar-refractivity contribution in [3.63, 3.8) is 0 Å². The lowest BCUT2D eigenvalue weighted by Gasteiger charge is -2.32. The van der Waals surface area contributed by atoms with Gasteiger partial charge in [0.1, 0.15) is 0 Å². The number of aliphatic carboxylic acids is 2. The molecule has 0 saturated carbocycles. The highest BCUT2D eigenvalue weighted by molar-refractivity contribution is 6.27. The van der Waals surface area contributed by atoms with E-state index in [9.17, 15) is 0 Å². The summed E-state index contributed by atoms with van der Waals surface area (Å²) in [6, 6.07) is 10.6. The van der Waals surface area contributed by atoms with Crippen molar-refractivity contribution < 1.29 is 19.8 Å². The minimum Gasteiger partial charge on any atom is -0.473 e. The fraction of sp³-hybridized carbons (Fsp3) is 0.522. The van der Waals surface area contributed by atoms with Crippen molar-refractivity contribution in [2.45, 2.75) is 51.4 Å². The SMILES string of the molecule is CC1CCN(CCC2CCCc3c2cnn3-c2ccccc2)CC1.O=C(O)C(=O)O. The van der Waals surface area contributed by atoms with Gasteiger partial charge in [0, 0.05) is 5.69 Å². The number of hydrogen-bond acceptors (Lipinski definition) is 4. The van der Waals surface area contributed by atoms with Crippen molar-refractivity contribution in [1.82, 2.24) is 14.7 Å². The van der Waals surface area contributed by atoms with Crippen LogP contribution in [-0.4, -0.2) is 56.5 Å². The van der Waals surface area contributed by atoms with E-state index in [0.717, 1.165) is 5.92 Å². The molecule has 2 N–H and O–H groups in total. The molecule has 7 nitrogen and oxygen atoms in total. The van der Waals surface area contributed by atoms with Crippen LogP contribution in [-0.2, 0) is 16.0 Å². The highest BCUT2D eigenvalue weighted by atomic mass is 16.4. The molecule has 2 aliphatic rings. The molecule has 1 aliphatic carbocycles. The number of carboxylic acids is 2. The molecule has 0 amide bonds. The highest BCUT2D eigenvalue weighted by Gasteiger charge is 2.25. The lowest BCUT2D eigenvalue weighted by atomic mass is 9.84. The van der Waals surface area contributed by atoms with Crippen LogP contribution < -0.4 is 0 Å². The lowest BCUT2D eigenvalue weighted by Crippen LogP contribution is -2.34. The fourth-order valence-electron chi connectivity index (χ4n) is 4.36. The summed E-state index contributed by atoms with van der Waals surface area (Å²) >= 11 is 0. The summed E-state index contributed by atoms with van der Waals surface area (Å²) in [5.74, 6) is -2.03. The molecule has 4 rings (SSSR count). The van der Waals surface area contributed by atoms with Crippen LogP contribution in [0.15, 0.2) is 36.5 Å². The number of hydrogen-bond donors (Lipinski definition) is 2. The van der Waals surface area contributed by atoms with E-state index in [1.807, 2.05) is 0 Å². The molecule has 1 aromatic heterocycles. The number of carboxylic acid groups (broad SMARTS) is 2. The van der Waals surface area contributed by atoms with Gasteiger partial charge in [-0.3, -0.25) is 0 Å². The monoisotopic (exact) mass is 413 g/mol. The van der Waals surface area contributed by atoms with E-state index in [-0.39, 0.29) is 0 Å². The summed E-state index contributed by atoms with van der Waals surface area (Å²) in [4.78, 5) is 20.9. The summed E-state index contributed by atoms with van der Waals surface area (Å²) in [6.45, 7) is 6.24. The number of para-hydroxylation sites is 1. The van der Waals surface area contributed by atoms with E-state index in [2.05, 4.69) is 53.0 Å². The van der Waals surface area contributed by atoms with Gasteiger partial charge >= 0.3 is 11.9 Å². The number of aromatic nitrogens is 2. The van der Waals surface area contributed by atoms with E-state index >= 15 is 0 Å². The van der Waals surface area contributed by atoms with Crippen LogP contribution >= 0.6 is 0 Å². The summed E-state index contributed by atoms with van der Waals surface area (Å²) < 4.78 is 2.17. The molecule has 1 fully saturated rings. The highest BCUT2D eigenvalue weighted by Crippen LogP contribution is 2.35. The Morgan fingerprint density at radius 1 is 1.07 bits per heavy atom. The Hall–Kier alpha value is -2.67. The minimum atomic E-state index is -1.82. The molecule has 0 spiro atoms. The van der Waals surface area contributed by atoms with Gasteiger partial charge in [-0.15, -0.1) is 0 Å². The van der Waals surface area contributed by atoms with Gasteiger partial charge in [0.05, 0.1) is 11.9 Å². The second-order valence-electron chi connectivity index (χ2n) is 8.31.